The molecule has 2 bridgehead atoms. The lowest BCUT2D eigenvalue weighted by Crippen LogP contribution is -2.32. The number of carbonyl (C=O) groups is 2. The summed E-state index contributed by atoms with van der Waals surface area (Å²) in [6.45, 7) is 2.52. The Balaban J connectivity index is 1.64. The number of fused-ring (bicyclic) bond motifs is 5. The van der Waals surface area contributed by atoms with Crippen LogP contribution in [0.1, 0.15) is 13.3 Å². The highest BCUT2D eigenvalue weighted by Gasteiger charge is 2.59. The van der Waals surface area contributed by atoms with Gasteiger partial charge in [0.15, 0.2) is 0 Å². The van der Waals surface area contributed by atoms with Crippen molar-refractivity contribution in [3.05, 3.63) is 36.4 Å². The molecule has 2 fully saturated rings. The van der Waals surface area contributed by atoms with Gasteiger partial charge in [-0.15, -0.1) is 0 Å². The third kappa shape index (κ3) is 1.68. The molecule has 1 aromatic carbocycles. The van der Waals surface area contributed by atoms with Crippen molar-refractivity contribution >= 4 is 17.5 Å². The Morgan fingerprint density at radius 3 is 2.14 bits per heavy atom. The number of rotatable bonds is 3. The Bertz CT molecular complexity index is 604. The van der Waals surface area contributed by atoms with Gasteiger partial charge in [0.25, 0.3) is 0 Å². The molecular weight excluding hydrogens is 266 g/mol. The lowest BCUT2D eigenvalue weighted by Gasteiger charge is -2.17. The molecule has 0 unspecified atom stereocenters. The summed E-state index contributed by atoms with van der Waals surface area (Å²) in [5.74, 6) is 0.908. The SMILES string of the molecule is CCOc1ccc(N2C(=O)[C@@H]3[C@@H](C2=O)[C@H]2C=C[C@H]3C2)cc1. The fourth-order valence-corrected chi connectivity index (χ4v) is 4.01. The number of benzene rings is 1. The third-order valence-corrected chi connectivity index (χ3v) is 4.88. The van der Waals surface area contributed by atoms with Crippen molar-refractivity contribution in [1.82, 2.24) is 0 Å². The Kier molecular flexibility index (Phi) is 2.67. The molecule has 0 radical (unpaired) electrons. The number of imide groups is 1. The molecule has 4 rings (SSSR count). The second-order valence-electron chi connectivity index (χ2n) is 5.94. The quantitative estimate of drug-likeness (QED) is 0.632. The van der Waals surface area contributed by atoms with E-state index in [1.54, 1.807) is 24.3 Å². The Labute approximate surface area is 123 Å². The van der Waals surface area contributed by atoms with Crippen LogP contribution in [0.5, 0.6) is 5.75 Å². The zero-order chi connectivity index (χ0) is 14.6. The Morgan fingerprint density at radius 1 is 1.05 bits per heavy atom. The highest BCUT2D eigenvalue weighted by atomic mass is 16.5. The van der Waals surface area contributed by atoms with E-state index in [1.807, 2.05) is 6.92 Å². The van der Waals surface area contributed by atoms with Crippen molar-refractivity contribution in [2.75, 3.05) is 11.5 Å². The van der Waals surface area contributed by atoms with Crippen LogP contribution < -0.4 is 9.64 Å². The highest BCUT2D eigenvalue weighted by molar-refractivity contribution is 6.22. The van der Waals surface area contributed by atoms with Crippen LogP contribution >= 0.6 is 0 Å². The van der Waals surface area contributed by atoms with Gasteiger partial charge in [-0.1, -0.05) is 12.2 Å². The number of amides is 2. The van der Waals surface area contributed by atoms with Crippen LogP contribution in [0.25, 0.3) is 0 Å². The minimum Gasteiger partial charge on any atom is -0.494 e. The predicted octanol–water partition coefficient (Wildman–Crippen LogP) is 2.40. The summed E-state index contributed by atoms with van der Waals surface area (Å²) in [6.07, 6.45) is 5.18. The lowest BCUT2D eigenvalue weighted by molar-refractivity contribution is -0.123. The molecule has 2 aliphatic carbocycles. The van der Waals surface area contributed by atoms with Crippen molar-refractivity contribution in [1.29, 1.82) is 0 Å². The fourth-order valence-electron chi connectivity index (χ4n) is 4.01. The minimum absolute atomic E-state index is 0.0361. The first-order chi connectivity index (χ1) is 10.2. The summed E-state index contributed by atoms with van der Waals surface area (Å²) in [5, 5.41) is 0. The van der Waals surface area contributed by atoms with Crippen molar-refractivity contribution < 1.29 is 14.3 Å². The molecule has 21 heavy (non-hydrogen) atoms. The zero-order valence-electron chi connectivity index (χ0n) is 11.9. The summed E-state index contributed by atoms with van der Waals surface area (Å²) in [5.41, 5.74) is 0.655. The van der Waals surface area contributed by atoms with Gasteiger partial charge in [0.1, 0.15) is 5.75 Å². The van der Waals surface area contributed by atoms with E-state index in [4.69, 9.17) is 4.74 Å². The molecule has 3 aliphatic rings. The highest BCUT2D eigenvalue weighted by Crippen LogP contribution is 2.53. The van der Waals surface area contributed by atoms with E-state index in [9.17, 15) is 9.59 Å². The maximum absolute atomic E-state index is 12.6. The smallest absolute Gasteiger partial charge is 0.238 e. The van der Waals surface area contributed by atoms with E-state index in [0.29, 0.717) is 12.3 Å². The minimum atomic E-state index is -0.140. The van der Waals surface area contributed by atoms with Gasteiger partial charge in [-0.2, -0.15) is 0 Å². The van der Waals surface area contributed by atoms with Crippen LogP contribution in [0.3, 0.4) is 0 Å². The number of allylic oxidation sites excluding steroid dienone is 2. The van der Waals surface area contributed by atoms with Crippen molar-refractivity contribution in [2.24, 2.45) is 23.7 Å². The van der Waals surface area contributed by atoms with Crippen LogP contribution in [0.4, 0.5) is 5.69 Å². The maximum Gasteiger partial charge on any atom is 0.238 e. The summed E-state index contributed by atoms with van der Waals surface area (Å²) in [6, 6.07) is 7.19. The number of anilines is 1. The largest absolute Gasteiger partial charge is 0.494 e. The van der Waals surface area contributed by atoms with Gasteiger partial charge in [-0.05, 0) is 49.4 Å². The van der Waals surface area contributed by atoms with Crippen LogP contribution in [0, 0.1) is 23.7 Å². The number of carbonyl (C=O) groups excluding carboxylic acids is 2. The maximum atomic E-state index is 12.6. The molecule has 2 amide bonds. The van der Waals surface area contributed by atoms with Crippen molar-refractivity contribution in [2.45, 2.75) is 13.3 Å². The topological polar surface area (TPSA) is 46.6 Å². The van der Waals surface area contributed by atoms with Gasteiger partial charge in [-0.25, -0.2) is 0 Å². The third-order valence-electron chi connectivity index (χ3n) is 4.88. The molecule has 108 valence electrons. The van der Waals surface area contributed by atoms with E-state index in [2.05, 4.69) is 12.2 Å². The molecule has 4 heteroatoms. The fraction of sp³-hybridized carbons (Fsp3) is 0.412. The Morgan fingerprint density at radius 2 is 1.62 bits per heavy atom. The van der Waals surface area contributed by atoms with Gasteiger partial charge in [0.2, 0.25) is 11.8 Å². The van der Waals surface area contributed by atoms with Gasteiger partial charge in [-0.3, -0.25) is 14.5 Å². The van der Waals surface area contributed by atoms with Crippen molar-refractivity contribution in [3.63, 3.8) is 0 Å². The number of nitrogens with zero attached hydrogens (tertiary/aromatic N) is 1. The normalized spacial score (nSPS) is 32.9. The predicted molar refractivity (Wildman–Crippen MR) is 77.8 cm³/mol. The average molecular weight is 283 g/mol. The standard InChI is InChI=1S/C17H17NO3/c1-2-21-13-7-5-12(6-8-13)18-16(19)14-10-3-4-11(9-10)15(14)17(18)20/h3-8,10-11,14-15H,2,9H2,1H3/t10-,11-,14-,15-/m0/s1. The number of hydrogen-bond acceptors (Lipinski definition) is 3. The molecule has 0 spiro atoms. The molecule has 1 saturated carbocycles. The van der Waals surface area contributed by atoms with Gasteiger partial charge >= 0.3 is 0 Å². The van der Waals surface area contributed by atoms with E-state index in [-0.39, 0.29) is 35.5 Å². The Hall–Kier alpha value is -2.10. The monoisotopic (exact) mass is 283 g/mol. The number of hydrogen-bond donors (Lipinski definition) is 0. The molecular formula is C17H17NO3. The zero-order valence-corrected chi connectivity index (χ0v) is 11.9. The summed E-state index contributed by atoms with van der Waals surface area (Å²) in [4.78, 5) is 26.6. The van der Waals surface area contributed by atoms with Crippen LogP contribution in [0.2, 0.25) is 0 Å². The molecule has 0 N–H and O–H groups in total. The summed E-state index contributed by atoms with van der Waals surface area (Å²) >= 11 is 0. The van der Waals surface area contributed by atoms with E-state index >= 15 is 0 Å². The second kappa shape index (κ2) is 4.45. The van der Waals surface area contributed by atoms with E-state index in [1.165, 1.54) is 4.90 Å². The molecule has 4 atom stereocenters. The van der Waals surface area contributed by atoms with Crippen LogP contribution in [0.15, 0.2) is 36.4 Å². The van der Waals surface area contributed by atoms with Gasteiger partial charge < -0.3 is 4.74 Å². The average Bonchev–Trinajstić information content (AvgIpc) is 3.15. The molecule has 1 aromatic rings. The van der Waals surface area contributed by atoms with Crippen LogP contribution in [-0.4, -0.2) is 18.4 Å². The van der Waals surface area contributed by atoms with Crippen molar-refractivity contribution in [3.8, 4) is 5.75 Å². The van der Waals surface area contributed by atoms with Gasteiger partial charge in [0, 0.05) is 0 Å². The summed E-state index contributed by atoms with van der Waals surface area (Å²) in [7, 11) is 0. The lowest BCUT2D eigenvalue weighted by atomic mass is 9.85. The first kappa shape index (κ1) is 12.6. The number of ether oxygens (including phenoxy) is 1. The van der Waals surface area contributed by atoms with E-state index < -0.39 is 0 Å². The second-order valence-corrected chi connectivity index (χ2v) is 5.94. The van der Waals surface area contributed by atoms with Gasteiger partial charge in [0.05, 0.1) is 24.1 Å². The first-order valence-electron chi connectivity index (χ1n) is 7.49. The molecule has 1 heterocycles. The molecule has 1 aliphatic heterocycles. The molecule has 0 aromatic heterocycles. The molecule has 4 nitrogen and oxygen atoms in total. The first-order valence-corrected chi connectivity index (χ1v) is 7.49. The van der Waals surface area contributed by atoms with E-state index in [0.717, 1.165) is 12.2 Å². The molecule has 1 saturated heterocycles. The van der Waals surface area contributed by atoms with Crippen LogP contribution in [-0.2, 0) is 9.59 Å². The summed E-state index contributed by atoms with van der Waals surface area (Å²) < 4.78 is 5.40.